The molecule has 0 aliphatic rings. The maximum Gasteiger partial charge on any atom is 0.389 e. The minimum absolute atomic E-state index is 0.0914. The Kier molecular flexibility index (Phi) is 4.46. The van der Waals surface area contributed by atoms with Crippen LogP contribution in [0.1, 0.15) is 29.5 Å². The Morgan fingerprint density at radius 2 is 2.17 bits per heavy atom. The van der Waals surface area contributed by atoms with Crippen molar-refractivity contribution in [1.29, 1.82) is 0 Å². The Bertz CT molecular complexity index is 482. The average molecular weight is 264 g/mol. The number of halogens is 3. The molecular weight excluding hydrogens is 253 g/mol. The van der Waals surface area contributed by atoms with Gasteiger partial charge in [0.2, 0.25) is 0 Å². The van der Waals surface area contributed by atoms with Gasteiger partial charge in [0.25, 0.3) is 5.56 Å². The summed E-state index contributed by atoms with van der Waals surface area (Å²) in [7, 11) is 0. The second-order valence-corrected chi connectivity index (χ2v) is 3.41. The quantitative estimate of drug-likeness (QED) is 0.835. The average Bonchev–Trinajstić information content (AvgIpc) is 2.25. The number of esters is 1. The molecule has 0 atom stereocenters. The fourth-order valence-corrected chi connectivity index (χ4v) is 1.17. The molecule has 1 rings (SSSR count). The van der Waals surface area contributed by atoms with Crippen molar-refractivity contribution >= 4 is 5.97 Å². The summed E-state index contributed by atoms with van der Waals surface area (Å²) in [5.74, 6) is -0.973. The number of carbonyl (C=O) groups is 1. The van der Waals surface area contributed by atoms with Crippen LogP contribution < -0.4 is 5.56 Å². The van der Waals surface area contributed by atoms with Crippen LogP contribution in [-0.4, -0.2) is 28.7 Å². The van der Waals surface area contributed by atoms with Crippen molar-refractivity contribution in [3.63, 3.8) is 0 Å². The lowest BCUT2D eigenvalue weighted by Crippen LogP contribution is -2.22. The second kappa shape index (κ2) is 5.65. The molecule has 1 aromatic rings. The van der Waals surface area contributed by atoms with Gasteiger partial charge in [-0.3, -0.25) is 4.79 Å². The third kappa shape index (κ3) is 4.19. The monoisotopic (exact) mass is 264 g/mol. The lowest BCUT2D eigenvalue weighted by atomic mass is 10.2. The summed E-state index contributed by atoms with van der Waals surface area (Å²) in [6, 6.07) is 0. The number of aryl methyl sites for hydroxylation is 1. The van der Waals surface area contributed by atoms with Crippen LogP contribution in [0.3, 0.4) is 0 Å². The van der Waals surface area contributed by atoms with Gasteiger partial charge in [-0.1, -0.05) is 0 Å². The Balaban J connectivity index is 2.80. The number of alkyl halides is 3. The predicted octanol–water partition coefficient (Wildman–Crippen LogP) is 1.44. The molecule has 0 unspecified atom stereocenters. The summed E-state index contributed by atoms with van der Waals surface area (Å²) in [5.41, 5.74) is -1.13. The molecule has 1 aromatic heterocycles. The Morgan fingerprint density at radius 3 is 2.67 bits per heavy atom. The molecule has 5 nitrogen and oxygen atoms in total. The predicted molar refractivity (Wildman–Crippen MR) is 55.2 cm³/mol. The molecule has 0 radical (unpaired) electrons. The maximum atomic E-state index is 12.0. The summed E-state index contributed by atoms with van der Waals surface area (Å²) in [6.45, 7) is 1.66. The van der Waals surface area contributed by atoms with E-state index >= 15 is 0 Å². The van der Waals surface area contributed by atoms with Crippen LogP contribution in [0.15, 0.2) is 11.0 Å². The molecule has 0 fully saturated rings. The molecule has 0 bridgehead atoms. The van der Waals surface area contributed by atoms with Crippen molar-refractivity contribution in [1.82, 2.24) is 9.97 Å². The zero-order chi connectivity index (χ0) is 13.8. The highest BCUT2D eigenvalue weighted by atomic mass is 19.4. The fourth-order valence-electron chi connectivity index (χ4n) is 1.17. The van der Waals surface area contributed by atoms with Crippen molar-refractivity contribution in [2.75, 3.05) is 6.61 Å². The van der Waals surface area contributed by atoms with Crippen LogP contribution in [0.5, 0.6) is 0 Å². The molecule has 1 heterocycles. The largest absolute Gasteiger partial charge is 0.462 e. The number of nitrogens with one attached hydrogen (secondary N) is 1. The summed E-state index contributed by atoms with van der Waals surface area (Å²) >= 11 is 0. The molecule has 0 aliphatic heterocycles. The van der Waals surface area contributed by atoms with Crippen LogP contribution in [0, 0.1) is 0 Å². The van der Waals surface area contributed by atoms with E-state index < -0.39 is 30.5 Å². The third-order valence-corrected chi connectivity index (χ3v) is 1.99. The highest BCUT2D eigenvalue weighted by Crippen LogP contribution is 2.20. The molecular formula is C10H11F3N2O3. The maximum absolute atomic E-state index is 12.0. The molecule has 1 N–H and O–H groups in total. The van der Waals surface area contributed by atoms with Gasteiger partial charge in [0.05, 0.1) is 13.0 Å². The summed E-state index contributed by atoms with van der Waals surface area (Å²) in [4.78, 5) is 28.3. The standard InChI is InChI=1S/C10H11F3N2O3/c1-2-18-9(17)6-5-14-7(15-8(6)16)3-4-10(11,12)13/h5H,2-4H2,1H3,(H,14,15,16). The van der Waals surface area contributed by atoms with Crippen LogP contribution in [0.25, 0.3) is 0 Å². The van der Waals surface area contributed by atoms with Crippen LogP contribution in [0.2, 0.25) is 0 Å². The lowest BCUT2D eigenvalue weighted by Gasteiger charge is -2.06. The number of rotatable bonds is 4. The first-order valence-electron chi connectivity index (χ1n) is 5.15. The van der Waals surface area contributed by atoms with E-state index in [4.69, 9.17) is 0 Å². The Morgan fingerprint density at radius 1 is 1.50 bits per heavy atom. The zero-order valence-corrected chi connectivity index (χ0v) is 9.50. The molecule has 8 heteroatoms. The Labute approximate surface area is 100.0 Å². The van der Waals surface area contributed by atoms with E-state index in [1.54, 1.807) is 6.92 Å². The van der Waals surface area contributed by atoms with E-state index in [-0.39, 0.29) is 18.0 Å². The Hall–Kier alpha value is -1.86. The van der Waals surface area contributed by atoms with Crippen molar-refractivity contribution in [3.05, 3.63) is 27.9 Å². The van der Waals surface area contributed by atoms with E-state index in [2.05, 4.69) is 14.7 Å². The molecule has 18 heavy (non-hydrogen) atoms. The zero-order valence-electron chi connectivity index (χ0n) is 9.50. The SMILES string of the molecule is CCOC(=O)c1cnc(CCC(F)(F)F)[nH]c1=O. The van der Waals surface area contributed by atoms with Gasteiger partial charge in [0.1, 0.15) is 11.4 Å². The van der Waals surface area contributed by atoms with E-state index in [1.165, 1.54) is 0 Å². The van der Waals surface area contributed by atoms with Gasteiger partial charge < -0.3 is 9.72 Å². The molecule has 0 aromatic carbocycles. The summed E-state index contributed by atoms with van der Waals surface area (Å²) < 4.78 is 40.5. The smallest absolute Gasteiger partial charge is 0.389 e. The molecule has 0 saturated heterocycles. The van der Waals surface area contributed by atoms with Crippen molar-refractivity contribution in [3.8, 4) is 0 Å². The minimum Gasteiger partial charge on any atom is -0.462 e. The lowest BCUT2D eigenvalue weighted by molar-refractivity contribution is -0.134. The number of carbonyl (C=O) groups excluding carboxylic acids is 1. The number of nitrogens with zero attached hydrogens (tertiary/aromatic N) is 1. The first-order valence-corrected chi connectivity index (χ1v) is 5.15. The van der Waals surface area contributed by atoms with Crippen LogP contribution in [-0.2, 0) is 11.2 Å². The van der Waals surface area contributed by atoms with Gasteiger partial charge in [-0.05, 0) is 6.92 Å². The molecule has 0 spiro atoms. The summed E-state index contributed by atoms with van der Waals surface area (Å²) in [6.07, 6.45) is -4.93. The fraction of sp³-hybridized carbons (Fsp3) is 0.500. The van der Waals surface area contributed by atoms with E-state index in [0.29, 0.717) is 0 Å². The number of ether oxygens (including phenoxy) is 1. The third-order valence-electron chi connectivity index (χ3n) is 1.99. The first kappa shape index (κ1) is 14.2. The van der Waals surface area contributed by atoms with Gasteiger partial charge in [-0.25, -0.2) is 9.78 Å². The van der Waals surface area contributed by atoms with Gasteiger partial charge in [0.15, 0.2) is 0 Å². The molecule has 0 amide bonds. The van der Waals surface area contributed by atoms with Gasteiger partial charge >= 0.3 is 12.1 Å². The normalized spacial score (nSPS) is 11.3. The van der Waals surface area contributed by atoms with Gasteiger partial charge in [-0.15, -0.1) is 0 Å². The number of H-pyrrole nitrogens is 1. The van der Waals surface area contributed by atoms with Crippen molar-refractivity contribution < 1.29 is 22.7 Å². The molecule has 0 aliphatic carbocycles. The highest BCUT2D eigenvalue weighted by Gasteiger charge is 2.27. The van der Waals surface area contributed by atoms with Crippen molar-refractivity contribution in [2.45, 2.75) is 25.9 Å². The number of hydrogen-bond donors (Lipinski definition) is 1. The number of aromatic nitrogens is 2. The molecule has 100 valence electrons. The number of hydrogen-bond acceptors (Lipinski definition) is 4. The van der Waals surface area contributed by atoms with Gasteiger partial charge in [0, 0.05) is 12.6 Å². The first-order chi connectivity index (χ1) is 8.33. The van der Waals surface area contributed by atoms with E-state index in [0.717, 1.165) is 6.20 Å². The minimum atomic E-state index is -4.32. The number of aromatic amines is 1. The van der Waals surface area contributed by atoms with E-state index in [9.17, 15) is 22.8 Å². The van der Waals surface area contributed by atoms with Crippen LogP contribution >= 0.6 is 0 Å². The highest BCUT2D eigenvalue weighted by molar-refractivity contribution is 5.88. The van der Waals surface area contributed by atoms with Crippen LogP contribution in [0.4, 0.5) is 13.2 Å². The van der Waals surface area contributed by atoms with Crippen molar-refractivity contribution in [2.24, 2.45) is 0 Å². The topological polar surface area (TPSA) is 72.0 Å². The van der Waals surface area contributed by atoms with E-state index in [1.807, 2.05) is 0 Å². The van der Waals surface area contributed by atoms with Gasteiger partial charge in [-0.2, -0.15) is 13.2 Å². The summed E-state index contributed by atoms with van der Waals surface area (Å²) in [5, 5.41) is 0. The molecule has 0 saturated carbocycles. The second-order valence-electron chi connectivity index (χ2n) is 3.41.